The van der Waals surface area contributed by atoms with Crippen molar-refractivity contribution in [1.82, 2.24) is 19.8 Å². The lowest BCUT2D eigenvalue weighted by Crippen LogP contribution is -2.45. The molecule has 5 heterocycles. The molecule has 160 valence electrons. The molecule has 0 aromatic carbocycles. The lowest BCUT2D eigenvalue weighted by atomic mass is 10.0. The molecule has 0 amide bonds. The van der Waals surface area contributed by atoms with Crippen LogP contribution in [0.2, 0.25) is 0 Å². The predicted molar refractivity (Wildman–Crippen MR) is 119 cm³/mol. The molecule has 0 saturated carbocycles. The highest BCUT2D eigenvalue weighted by molar-refractivity contribution is 5.51. The van der Waals surface area contributed by atoms with Crippen LogP contribution in [0.5, 0.6) is 0 Å². The van der Waals surface area contributed by atoms with E-state index in [1.807, 2.05) is 0 Å². The Kier molecular flexibility index (Phi) is 5.91. The Hall–Kier alpha value is -1.40. The van der Waals surface area contributed by atoms with E-state index in [1.165, 1.54) is 77.5 Å². The Morgan fingerprint density at radius 3 is 1.38 bits per heavy atom. The van der Waals surface area contributed by atoms with Crippen LogP contribution in [0.1, 0.15) is 57.2 Å². The maximum atomic E-state index is 4.82. The van der Waals surface area contributed by atoms with Gasteiger partial charge < -0.3 is 19.6 Å². The summed E-state index contributed by atoms with van der Waals surface area (Å²) in [6.07, 6.45) is 10.7. The van der Waals surface area contributed by atoms with Crippen molar-refractivity contribution in [3.05, 3.63) is 11.9 Å². The van der Waals surface area contributed by atoms with Crippen LogP contribution < -0.4 is 9.80 Å². The van der Waals surface area contributed by atoms with Crippen LogP contribution in [0, 0.1) is 6.92 Å². The van der Waals surface area contributed by atoms with E-state index >= 15 is 0 Å². The number of piperidine rings is 2. The van der Waals surface area contributed by atoms with Crippen LogP contribution in [-0.2, 0) is 0 Å². The van der Waals surface area contributed by atoms with Gasteiger partial charge in [-0.25, -0.2) is 9.97 Å². The Bertz CT molecular complexity index is 612. The van der Waals surface area contributed by atoms with Gasteiger partial charge in [0.2, 0.25) is 0 Å². The number of aryl methyl sites for hydroxylation is 1. The summed E-state index contributed by atoms with van der Waals surface area (Å²) in [6.45, 7) is 11.8. The maximum Gasteiger partial charge on any atom is 0.134 e. The molecule has 5 rings (SSSR count). The zero-order chi connectivity index (χ0) is 19.6. The first-order valence-electron chi connectivity index (χ1n) is 12.1. The maximum absolute atomic E-state index is 4.82. The fraction of sp³-hybridized carbons (Fsp3) is 0.826. The molecule has 0 radical (unpaired) electrons. The van der Waals surface area contributed by atoms with E-state index in [0.717, 1.165) is 55.7 Å². The first kappa shape index (κ1) is 19.6. The molecular weight excluding hydrogens is 360 g/mol. The van der Waals surface area contributed by atoms with Gasteiger partial charge in [-0.15, -0.1) is 0 Å². The zero-order valence-electron chi connectivity index (χ0n) is 18.2. The Morgan fingerprint density at radius 1 is 0.621 bits per heavy atom. The van der Waals surface area contributed by atoms with E-state index in [0.29, 0.717) is 0 Å². The smallest absolute Gasteiger partial charge is 0.134 e. The van der Waals surface area contributed by atoms with Gasteiger partial charge in [-0.05, 0) is 84.5 Å². The minimum absolute atomic E-state index is 0.792. The van der Waals surface area contributed by atoms with Gasteiger partial charge in [0, 0.05) is 44.3 Å². The van der Waals surface area contributed by atoms with E-state index in [9.17, 15) is 0 Å². The summed E-state index contributed by atoms with van der Waals surface area (Å²) in [5, 5.41) is 0. The van der Waals surface area contributed by atoms with E-state index in [-0.39, 0.29) is 0 Å². The Labute approximate surface area is 176 Å². The van der Waals surface area contributed by atoms with Crippen molar-refractivity contribution in [1.29, 1.82) is 0 Å². The monoisotopic (exact) mass is 398 g/mol. The Morgan fingerprint density at radius 2 is 1.00 bits per heavy atom. The van der Waals surface area contributed by atoms with Gasteiger partial charge in [-0.2, -0.15) is 0 Å². The van der Waals surface area contributed by atoms with E-state index in [2.05, 4.69) is 32.6 Å². The van der Waals surface area contributed by atoms with Gasteiger partial charge in [0.05, 0.1) is 0 Å². The molecule has 1 aromatic heterocycles. The van der Waals surface area contributed by atoms with E-state index < -0.39 is 0 Å². The minimum Gasteiger partial charge on any atom is -0.356 e. The average Bonchev–Trinajstić information content (AvgIpc) is 3.48. The zero-order valence-corrected chi connectivity index (χ0v) is 18.2. The standard InChI is InChI=1S/C23H38N6/c1-19-24-22(28-14-6-20(7-15-28)26-10-2-3-11-26)18-23(25-19)29-16-8-21(9-17-29)27-12-4-5-13-27/h18,20-21H,2-17H2,1H3. The highest BCUT2D eigenvalue weighted by Crippen LogP contribution is 2.28. The fourth-order valence-electron chi connectivity index (χ4n) is 5.99. The summed E-state index contributed by atoms with van der Waals surface area (Å²) in [6, 6.07) is 3.85. The van der Waals surface area contributed by atoms with Crippen molar-refractivity contribution in [3.63, 3.8) is 0 Å². The van der Waals surface area contributed by atoms with Gasteiger partial charge >= 0.3 is 0 Å². The number of rotatable bonds is 4. The number of nitrogens with zero attached hydrogens (tertiary/aromatic N) is 6. The van der Waals surface area contributed by atoms with Crippen LogP contribution in [0.25, 0.3) is 0 Å². The Balaban J connectivity index is 1.20. The number of aromatic nitrogens is 2. The van der Waals surface area contributed by atoms with Crippen LogP contribution in [0.4, 0.5) is 11.6 Å². The first-order chi connectivity index (χ1) is 14.3. The number of hydrogen-bond acceptors (Lipinski definition) is 6. The summed E-state index contributed by atoms with van der Waals surface area (Å²) < 4.78 is 0. The van der Waals surface area contributed by atoms with E-state index in [1.54, 1.807) is 0 Å². The lowest BCUT2D eigenvalue weighted by Gasteiger charge is -2.39. The molecule has 1 aromatic rings. The molecule has 0 atom stereocenters. The molecule has 29 heavy (non-hydrogen) atoms. The third kappa shape index (κ3) is 4.38. The van der Waals surface area contributed by atoms with Gasteiger partial charge in [0.25, 0.3) is 0 Å². The topological polar surface area (TPSA) is 38.7 Å². The molecule has 6 heteroatoms. The van der Waals surface area contributed by atoms with Crippen molar-refractivity contribution in [3.8, 4) is 0 Å². The third-order valence-corrected chi connectivity index (χ3v) is 7.70. The van der Waals surface area contributed by atoms with Gasteiger partial charge in [0.15, 0.2) is 0 Å². The molecule has 0 N–H and O–H groups in total. The highest BCUT2D eigenvalue weighted by Gasteiger charge is 2.29. The second kappa shape index (κ2) is 8.76. The molecule has 4 fully saturated rings. The molecule has 4 aliphatic heterocycles. The summed E-state index contributed by atoms with van der Waals surface area (Å²) in [7, 11) is 0. The molecule has 0 bridgehead atoms. The van der Waals surface area contributed by atoms with Crippen molar-refractivity contribution >= 4 is 11.6 Å². The molecular formula is C23H38N6. The molecule has 6 nitrogen and oxygen atoms in total. The minimum atomic E-state index is 0.792. The molecule has 4 saturated heterocycles. The average molecular weight is 399 g/mol. The molecule has 4 aliphatic rings. The number of hydrogen-bond donors (Lipinski definition) is 0. The van der Waals surface area contributed by atoms with Crippen LogP contribution in [0.3, 0.4) is 0 Å². The summed E-state index contributed by atoms with van der Waals surface area (Å²) in [5.41, 5.74) is 0. The first-order valence-corrected chi connectivity index (χ1v) is 12.1. The van der Waals surface area contributed by atoms with Crippen LogP contribution >= 0.6 is 0 Å². The summed E-state index contributed by atoms with van der Waals surface area (Å²) in [5.74, 6) is 3.21. The molecule has 0 aliphatic carbocycles. The van der Waals surface area contributed by atoms with Crippen LogP contribution in [-0.4, -0.2) is 84.2 Å². The van der Waals surface area contributed by atoms with Crippen molar-refractivity contribution in [2.45, 2.75) is 70.4 Å². The van der Waals surface area contributed by atoms with Crippen molar-refractivity contribution < 1.29 is 0 Å². The summed E-state index contributed by atoms with van der Waals surface area (Å²) >= 11 is 0. The normalized spacial score (nSPS) is 26.0. The number of likely N-dealkylation sites (tertiary alicyclic amines) is 2. The van der Waals surface area contributed by atoms with Crippen LogP contribution in [0.15, 0.2) is 6.07 Å². The van der Waals surface area contributed by atoms with Gasteiger partial charge in [0.1, 0.15) is 17.5 Å². The second-order valence-corrected chi connectivity index (χ2v) is 9.55. The van der Waals surface area contributed by atoms with Crippen molar-refractivity contribution in [2.24, 2.45) is 0 Å². The van der Waals surface area contributed by atoms with E-state index in [4.69, 9.17) is 9.97 Å². The summed E-state index contributed by atoms with van der Waals surface area (Å²) in [4.78, 5) is 20.1. The highest BCUT2D eigenvalue weighted by atomic mass is 15.3. The van der Waals surface area contributed by atoms with Gasteiger partial charge in [-0.3, -0.25) is 0 Å². The number of anilines is 2. The van der Waals surface area contributed by atoms with Crippen molar-refractivity contribution in [2.75, 3.05) is 62.2 Å². The molecule has 0 spiro atoms. The third-order valence-electron chi connectivity index (χ3n) is 7.70. The largest absolute Gasteiger partial charge is 0.356 e. The molecule has 0 unspecified atom stereocenters. The van der Waals surface area contributed by atoms with Gasteiger partial charge in [-0.1, -0.05) is 0 Å². The SMILES string of the molecule is Cc1nc(N2CCC(N3CCCC3)CC2)cc(N2CCC(N3CCCC3)CC2)n1. The lowest BCUT2D eigenvalue weighted by molar-refractivity contribution is 0.207. The second-order valence-electron chi connectivity index (χ2n) is 9.55. The fourth-order valence-corrected chi connectivity index (χ4v) is 5.99. The predicted octanol–water partition coefficient (Wildman–Crippen LogP) is 2.91. The quantitative estimate of drug-likeness (QED) is 0.777.